The molecule has 1 aromatic carbocycles. The van der Waals surface area contributed by atoms with E-state index >= 15 is 0 Å². The van der Waals surface area contributed by atoms with Crippen LogP contribution in [0.5, 0.6) is 0 Å². The van der Waals surface area contributed by atoms with E-state index in [1.165, 1.54) is 0 Å². The molecule has 5 heteroatoms. The van der Waals surface area contributed by atoms with E-state index in [0.29, 0.717) is 5.88 Å². The summed E-state index contributed by atoms with van der Waals surface area (Å²) in [5.74, 6) is 0.662. The quantitative estimate of drug-likeness (QED) is 0.629. The Labute approximate surface area is 113 Å². The summed E-state index contributed by atoms with van der Waals surface area (Å²) in [5, 5.41) is 8.24. The summed E-state index contributed by atoms with van der Waals surface area (Å²) in [7, 11) is 0. The van der Waals surface area contributed by atoms with Crippen LogP contribution in [0, 0.1) is 3.57 Å². The highest BCUT2D eigenvalue weighted by atomic mass is 127. The van der Waals surface area contributed by atoms with E-state index in [-0.39, 0.29) is 0 Å². The standard InChI is InChI=1S/C11H11ClIN3/c12-7-3-4-9-8-16(15-14-9)11-6-2-1-5-10(11)13/h1-2,5-6,8H,3-4,7H2. The number of aromatic nitrogens is 3. The molecule has 3 nitrogen and oxygen atoms in total. The fraction of sp³-hybridized carbons (Fsp3) is 0.273. The van der Waals surface area contributed by atoms with Crippen molar-refractivity contribution in [3.8, 4) is 5.69 Å². The van der Waals surface area contributed by atoms with Gasteiger partial charge in [0, 0.05) is 9.45 Å². The predicted octanol–water partition coefficient (Wildman–Crippen LogP) is 3.04. The molecular weight excluding hydrogens is 336 g/mol. The molecular formula is C11H11ClIN3. The molecule has 0 atom stereocenters. The minimum Gasteiger partial charge on any atom is -0.219 e. The summed E-state index contributed by atoms with van der Waals surface area (Å²) in [6.07, 6.45) is 3.78. The SMILES string of the molecule is ClCCCc1cn(-c2ccccc2I)nn1. The van der Waals surface area contributed by atoms with Crippen LogP contribution in [0.25, 0.3) is 5.69 Å². The second-order valence-corrected chi connectivity index (χ2v) is 4.94. The summed E-state index contributed by atoms with van der Waals surface area (Å²) in [4.78, 5) is 0. The summed E-state index contributed by atoms with van der Waals surface area (Å²) in [6.45, 7) is 0. The Hall–Kier alpha value is -0.620. The lowest BCUT2D eigenvalue weighted by atomic mass is 10.3. The van der Waals surface area contributed by atoms with Crippen LogP contribution in [0.3, 0.4) is 0 Å². The number of halogens is 2. The molecule has 0 N–H and O–H groups in total. The number of benzene rings is 1. The predicted molar refractivity (Wildman–Crippen MR) is 73.1 cm³/mol. The van der Waals surface area contributed by atoms with Crippen molar-refractivity contribution in [2.75, 3.05) is 5.88 Å². The van der Waals surface area contributed by atoms with Crippen molar-refractivity contribution in [3.05, 3.63) is 39.7 Å². The summed E-state index contributed by atoms with van der Waals surface area (Å²) in [5.41, 5.74) is 2.05. The van der Waals surface area contributed by atoms with Crippen molar-refractivity contribution >= 4 is 34.2 Å². The van der Waals surface area contributed by atoms with Gasteiger partial charge in [-0.1, -0.05) is 17.3 Å². The number of rotatable bonds is 4. The first-order valence-electron chi connectivity index (χ1n) is 5.03. The highest BCUT2D eigenvalue weighted by Gasteiger charge is 2.04. The topological polar surface area (TPSA) is 30.7 Å². The largest absolute Gasteiger partial charge is 0.219 e. The van der Waals surface area contributed by atoms with Crippen LogP contribution in [0.2, 0.25) is 0 Å². The number of alkyl halides is 1. The molecule has 0 aliphatic rings. The molecule has 16 heavy (non-hydrogen) atoms. The van der Waals surface area contributed by atoms with Crippen LogP contribution in [-0.4, -0.2) is 20.9 Å². The van der Waals surface area contributed by atoms with Crippen LogP contribution in [0.15, 0.2) is 30.5 Å². The normalized spacial score (nSPS) is 10.6. The fourth-order valence-electron chi connectivity index (χ4n) is 1.42. The van der Waals surface area contributed by atoms with Crippen LogP contribution in [0.1, 0.15) is 12.1 Å². The first-order valence-corrected chi connectivity index (χ1v) is 6.64. The lowest BCUT2D eigenvalue weighted by Crippen LogP contribution is -1.97. The summed E-state index contributed by atoms with van der Waals surface area (Å²) < 4.78 is 2.97. The first-order chi connectivity index (χ1) is 7.81. The van der Waals surface area contributed by atoms with Crippen LogP contribution >= 0.6 is 34.2 Å². The molecule has 1 aromatic heterocycles. The van der Waals surface area contributed by atoms with E-state index in [4.69, 9.17) is 11.6 Å². The number of hydrogen-bond acceptors (Lipinski definition) is 2. The molecule has 0 spiro atoms. The maximum Gasteiger partial charge on any atom is 0.0832 e. The number of nitrogens with zero attached hydrogens (tertiary/aromatic N) is 3. The third kappa shape index (κ3) is 2.74. The second kappa shape index (κ2) is 5.63. The fourth-order valence-corrected chi connectivity index (χ4v) is 2.18. The van der Waals surface area contributed by atoms with Gasteiger partial charge in [0.1, 0.15) is 0 Å². The molecule has 0 aliphatic heterocycles. The molecule has 2 rings (SSSR count). The van der Waals surface area contributed by atoms with Gasteiger partial charge in [-0.05, 0) is 47.6 Å². The molecule has 0 saturated carbocycles. The van der Waals surface area contributed by atoms with Crippen molar-refractivity contribution in [1.82, 2.24) is 15.0 Å². The zero-order chi connectivity index (χ0) is 11.4. The summed E-state index contributed by atoms with van der Waals surface area (Å²) in [6, 6.07) is 8.09. The Balaban J connectivity index is 2.22. The second-order valence-electron chi connectivity index (χ2n) is 3.40. The van der Waals surface area contributed by atoms with Crippen molar-refractivity contribution in [2.45, 2.75) is 12.8 Å². The van der Waals surface area contributed by atoms with E-state index in [2.05, 4.69) is 39.0 Å². The van der Waals surface area contributed by atoms with Crippen molar-refractivity contribution in [1.29, 1.82) is 0 Å². The molecule has 2 aromatic rings. The third-order valence-corrected chi connectivity index (χ3v) is 3.39. The number of hydrogen-bond donors (Lipinski definition) is 0. The zero-order valence-electron chi connectivity index (χ0n) is 8.61. The van der Waals surface area contributed by atoms with Gasteiger partial charge in [-0.3, -0.25) is 0 Å². The average Bonchev–Trinajstić information content (AvgIpc) is 2.75. The highest BCUT2D eigenvalue weighted by Crippen LogP contribution is 2.15. The third-order valence-electron chi connectivity index (χ3n) is 2.21. The molecule has 0 fully saturated rings. The Morgan fingerprint density at radius 2 is 2.12 bits per heavy atom. The smallest absolute Gasteiger partial charge is 0.0832 e. The van der Waals surface area contributed by atoms with Crippen molar-refractivity contribution in [2.24, 2.45) is 0 Å². The van der Waals surface area contributed by atoms with Gasteiger partial charge in [0.25, 0.3) is 0 Å². The number of aryl methyl sites for hydroxylation is 1. The Morgan fingerprint density at radius 3 is 2.88 bits per heavy atom. The van der Waals surface area contributed by atoms with Gasteiger partial charge >= 0.3 is 0 Å². The van der Waals surface area contributed by atoms with Crippen molar-refractivity contribution in [3.63, 3.8) is 0 Å². The molecule has 84 valence electrons. The molecule has 0 unspecified atom stereocenters. The van der Waals surface area contributed by atoms with Crippen LogP contribution in [0.4, 0.5) is 0 Å². The van der Waals surface area contributed by atoms with Gasteiger partial charge < -0.3 is 0 Å². The molecule has 0 radical (unpaired) electrons. The van der Waals surface area contributed by atoms with Gasteiger partial charge in [-0.15, -0.1) is 16.7 Å². The lowest BCUT2D eigenvalue weighted by Gasteiger charge is -2.01. The van der Waals surface area contributed by atoms with Gasteiger partial charge in [0.2, 0.25) is 0 Å². The van der Waals surface area contributed by atoms with Gasteiger partial charge in [0.05, 0.1) is 17.6 Å². The molecule has 0 aliphatic carbocycles. The molecule has 0 amide bonds. The molecule has 0 saturated heterocycles. The highest BCUT2D eigenvalue weighted by molar-refractivity contribution is 14.1. The van der Waals surface area contributed by atoms with Crippen LogP contribution in [-0.2, 0) is 6.42 Å². The van der Waals surface area contributed by atoms with Crippen molar-refractivity contribution < 1.29 is 0 Å². The summed E-state index contributed by atoms with van der Waals surface area (Å²) >= 11 is 7.94. The molecule has 0 bridgehead atoms. The van der Waals surface area contributed by atoms with E-state index < -0.39 is 0 Å². The Morgan fingerprint density at radius 1 is 1.31 bits per heavy atom. The maximum absolute atomic E-state index is 5.64. The Bertz CT molecular complexity index is 470. The van der Waals surface area contributed by atoms with E-state index in [0.717, 1.165) is 27.8 Å². The Kier molecular flexibility index (Phi) is 4.17. The van der Waals surface area contributed by atoms with E-state index in [9.17, 15) is 0 Å². The lowest BCUT2D eigenvalue weighted by molar-refractivity contribution is 0.789. The van der Waals surface area contributed by atoms with Gasteiger partial charge in [-0.25, -0.2) is 4.68 Å². The minimum absolute atomic E-state index is 0.662. The van der Waals surface area contributed by atoms with E-state index in [1.807, 2.05) is 29.1 Å². The zero-order valence-corrected chi connectivity index (χ0v) is 11.5. The first kappa shape index (κ1) is 11.9. The molecule has 1 heterocycles. The van der Waals surface area contributed by atoms with Gasteiger partial charge in [0.15, 0.2) is 0 Å². The number of para-hydroxylation sites is 1. The average molecular weight is 348 g/mol. The maximum atomic E-state index is 5.64. The van der Waals surface area contributed by atoms with E-state index in [1.54, 1.807) is 0 Å². The van der Waals surface area contributed by atoms with Gasteiger partial charge in [-0.2, -0.15) is 0 Å². The van der Waals surface area contributed by atoms with Crippen LogP contribution < -0.4 is 0 Å². The minimum atomic E-state index is 0.662. The monoisotopic (exact) mass is 347 g/mol.